The summed E-state index contributed by atoms with van der Waals surface area (Å²) < 4.78 is 15.0. The Labute approximate surface area is 144 Å². The highest BCUT2D eigenvalue weighted by Gasteiger charge is 2.29. The van der Waals surface area contributed by atoms with Crippen LogP contribution in [0.4, 0.5) is 5.69 Å². The summed E-state index contributed by atoms with van der Waals surface area (Å²) in [6.45, 7) is 0.506. The van der Waals surface area contributed by atoms with Crippen molar-refractivity contribution in [2.75, 3.05) is 20.8 Å². The van der Waals surface area contributed by atoms with Crippen LogP contribution in [0.15, 0.2) is 18.2 Å². The fraction of sp³-hybridized carbons (Fsp3) is 0.500. The van der Waals surface area contributed by atoms with E-state index in [1.165, 1.54) is 26.4 Å². The molecule has 2 rings (SSSR count). The molecule has 9 nitrogen and oxygen atoms in total. The molecule has 1 aromatic rings. The molecule has 1 heterocycles. The molecule has 0 spiro atoms. The second-order valence-corrected chi connectivity index (χ2v) is 5.55. The molecule has 2 atom stereocenters. The molecule has 0 aliphatic carbocycles. The molecular formula is C16H20N2O7. The van der Waals surface area contributed by atoms with E-state index in [1.54, 1.807) is 6.07 Å². The van der Waals surface area contributed by atoms with Gasteiger partial charge in [-0.3, -0.25) is 14.9 Å². The minimum Gasteiger partial charge on any atom is -0.490 e. The number of ether oxygens (including phenoxy) is 3. The minimum absolute atomic E-state index is 0.0516. The molecule has 1 fully saturated rings. The number of carbonyl (C=O) groups excluding carboxylic acids is 2. The van der Waals surface area contributed by atoms with Gasteiger partial charge in [-0.25, -0.2) is 4.79 Å². The maximum atomic E-state index is 12.2. The third-order valence-corrected chi connectivity index (χ3v) is 3.90. The van der Waals surface area contributed by atoms with Gasteiger partial charge in [-0.1, -0.05) is 6.07 Å². The van der Waals surface area contributed by atoms with Crippen LogP contribution in [0, 0.1) is 10.1 Å². The second kappa shape index (κ2) is 8.43. The predicted octanol–water partition coefficient (Wildman–Crippen LogP) is 0.983. The maximum Gasteiger partial charge on any atom is 0.328 e. The molecule has 136 valence electrons. The van der Waals surface area contributed by atoms with Crippen LogP contribution in [-0.2, 0) is 25.5 Å². The van der Waals surface area contributed by atoms with E-state index >= 15 is 0 Å². The number of nitro groups is 1. The van der Waals surface area contributed by atoms with Gasteiger partial charge in [0.1, 0.15) is 12.1 Å². The zero-order valence-corrected chi connectivity index (χ0v) is 14.0. The number of esters is 1. The van der Waals surface area contributed by atoms with Crippen molar-refractivity contribution in [1.82, 2.24) is 5.32 Å². The van der Waals surface area contributed by atoms with Crippen LogP contribution in [0.2, 0.25) is 0 Å². The topological polar surface area (TPSA) is 117 Å². The van der Waals surface area contributed by atoms with E-state index in [9.17, 15) is 19.7 Å². The first kappa shape index (κ1) is 18.7. The summed E-state index contributed by atoms with van der Waals surface area (Å²) in [5.41, 5.74) is 0.282. The molecule has 0 aromatic heterocycles. The van der Waals surface area contributed by atoms with Crippen LogP contribution in [0.3, 0.4) is 0 Å². The molecule has 1 aromatic carbocycles. The summed E-state index contributed by atoms with van der Waals surface area (Å²) in [6.07, 6.45) is 0.840. The van der Waals surface area contributed by atoms with Crippen LogP contribution in [0.25, 0.3) is 0 Å². The van der Waals surface area contributed by atoms with Crippen LogP contribution in [0.5, 0.6) is 5.75 Å². The highest BCUT2D eigenvalue weighted by molar-refractivity contribution is 5.87. The van der Waals surface area contributed by atoms with E-state index in [1.807, 2.05) is 0 Å². The van der Waals surface area contributed by atoms with Gasteiger partial charge in [-0.15, -0.1) is 0 Å². The summed E-state index contributed by atoms with van der Waals surface area (Å²) in [6, 6.07) is 3.39. The van der Waals surface area contributed by atoms with E-state index in [4.69, 9.17) is 14.2 Å². The Kier molecular flexibility index (Phi) is 6.29. The summed E-state index contributed by atoms with van der Waals surface area (Å²) in [4.78, 5) is 34.7. The van der Waals surface area contributed by atoms with Crippen molar-refractivity contribution in [3.8, 4) is 5.75 Å². The third-order valence-electron chi connectivity index (χ3n) is 3.90. The van der Waals surface area contributed by atoms with Gasteiger partial charge in [-0.2, -0.15) is 0 Å². The Morgan fingerprint density at radius 1 is 1.44 bits per heavy atom. The van der Waals surface area contributed by atoms with E-state index in [2.05, 4.69) is 5.32 Å². The zero-order valence-electron chi connectivity index (χ0n) is 14.0. The molecule has 1 amide bonds. The van der Waals surface area contributed by atoms with Crippen LogP contribution < -0.4 is 10.1 Å². The van der Waals surface area contributed by atoms with Gasteiger partial charge in [0, 0.05) is 19.1 Å². The van der Waals surface area contributed by atoms with Gasteiger partial charge < -0.3 is 19.5 Å². The Morgan fingerprint density at radius 2 is 2.20 bits per heavy atom. The monoisotopic (exact) mass is 352 g/mol. The zero-order chi connectivity index (χ0) is 18.4. The van der Waals surface area contributed by atoms with Gasteiger partial charge in [0.05, 0.1) is 19.1 Å². The van der Waals surface area contributed by atoms with Crippen molar-refractivity contribution in [2.24, 2.45) is 0 Å². The number of carbonyl (C=O) groups is 2. The average molecular weight is 352 g/mol. The van der Waals surface area contributed by atoms with Crippen molar-refractivity contribution in [1.29, 1.82) is 0 Å². The molecule has 9 heteroatoms. The van der Waals surface area contributed by atoms with E-state index in [0.29, 0.717) is 18.6 Å². The Hall–Kier alpha value is -2.68. The fourth-order valence-corrected chi connectivity index (χ4v) is 2.63. The number of nitrogens with zero attached hydrogens (tertiary/aromatic N) is 1. The molecule has 0 unspecified atom stereocenters. The molecule has 1 saturated heterocycles. The Morgan fingerprint density at radius 3 is 2.76 bits per heavy atom. The summed E-state index contributed by atoms with van der Waals surface area (Å²) in [7, 11) is 2.55. The van der Waals surface area contributed by atoms with Crippen molar-refractivity contribution < 1.29 is 28.7 Å². The largest absolute Gasteiger partial charge is 0.490 e. The Balaban J connectivity index is 2.16. The number of benzene rings is 1. The van der Waals surface area contributed by atoms with Crippen LogP contribution in [-0.4, -0.2) is 49.8 Å². The SMILES string of the molecule is COC(=O)[C@H](Cc1ccc(OC)c([N+](=O)[O-])c1)NC(=O)[C@H]1CCCO1. The molecule has 1 N–H and O–H groups in total. The maximum absolute atomic E-state index is 12.2. The first-order valence-electron chi connectivity index (χ1n) is 7.77. The Bertz CT molecular complexity index is 656. The number of hydrogen-bond acceptors (Lipinski definition) is 7. The van der Waals surface area contributed by atoms with E-state index < -0.39 is 28.9 Å². The van der Waals surface area contributed by atoms with Crippen LogP contribution in [0.1, 0.15) is 18.4 Å². The fourth-order valence-electron chi connectivity index (χ4n) is 2.63. The number of nitrogens with one attached hydrogen (secondary N) is 1. The first-order valence-corrected chi connectivity index (χ1v) is 7.77. The average Bonchev–Trinajstić information content (AvgIpc) is 3.15. The van der Waals surface area contributed by atoms with Gasteiger partial charge in [-0.05, 0) is 24.5 Å². The third kappa shape index (κ3) is 4.66. The first-order chi connectivity index (χ1) is 12.0. The number of amides is 1. The number of hydrogen-bond donors (Lipinski definition) is 1. The number of methoxy groups -OCH3 is 2. The van der Waals surface area contributed by atoms with Crippen molar-refractivity contribution in [3.63, 3.8) is 0 Å². The van der Waals surface area contributed by atoms with Gasteiger partial charge in [0.15, 0.2) is 5.75 Å². The van der Waals surface area contributed by atoms with E-state index in [0.717, 1.165) is 6.42 Å². The van der Waals surface area contributed by atoms with Crippen molar-refractivity contribution in [3.05, 3.63) is 33.9 Å². The predicted molar refractivity (Wildman–Crippen MR) is 86.3 cm³/mol. The summed E-state index contributed by atoms with van der Waals surface area (Å²) in [5, 5.41) is 13.7. The second-order valence-electron chi connectivity index (χ2n) is 5.55. The molecule has 1 aliphatic rings. The highest BCUT2D eigenvalue weighted by Crippen LogP contribution is 2.28. The molecule has 25 heavy (non-hydrogen) atoms. The standard InChI is InChI=1S/C16H20N2O7/c1-23-13-6-5-10(9-12(13)18(21)22)8-11(16(20)24-2)17-15(19)14-4-3-7-25-14/h5-6,9,11,14H,3-4,7-8H2,1-2H3,(H,17,19)/t11-,14+/m0/s1. The van der Waals surface area contributed by atoms with Gasteiger partial charge in [0.25, 0.3) is 0 Å². The molecule has 0 bridgehead atoms. The van der Waals surface area contributed by atoms with Gasteiger partial charge in [0.2, 0.25) is 5.91 Å². The smallest absolute Gasteiger partial charge is 0.328 e. The molecule has 1 aliphatic heterocycles. The lowest BCUT2D eigenvalue weighted by Gasteiger charge is -2.19. The van der Waals surface area contributed by atoms with E-state index in [-0.39, 0.29) is 17.9 Å². The summed E-state index contributed by atoms with van der Waals surface area (Å²) >= 11 is 0. The lowest BCUT2D eigenvalue weighted by Crippen LogP contribution is -2.47. The molecule has 0 saturated carbocycles. The lowest BCUT2D eigenvalue weighted by molar-refractivity contribution is -0.385. The molecular weight excluding hydrogens is 332 g/mol. The number of nitro benzene ring substituents is 1. The highest BCUT2D eigenvalue weighted by atomic mass is 16.6. The normalized spacial score (nSPS) is 17.6. The van der Waals surface area contributed by atoms with Crippen molar-refractivity contribution >= 4 is 17.6 Å². The quantitative estimate of drug-likeness (QED) is 0.441. The van der Waals surface area contributed by atoms with Crippen molar-refractivity contribution in [2.45, 2.75) is 31.4 Å². The van der Waals surface area contributed by atoms with Gasteiger partial charge >= 0.3 is 11.7 Å². The lowest BCUT2D eigenvalue weighted by atomic mass is 10.0. The summed E-state index contributed by atoms with van der Waals surface area (Å²) in [5.74, 6) is -0.910. The van der Waals surface area contributed by atoms with Crippen LogP contribution >= 0.6 is 0 Å². The minimum atomic E-state index is -0.963. The number of rotatable bonds is 7. The molecule has 0 radical (unpaired) electrons.